The summed E-state index contributed by atoms with van der Waals surface area (Å²) >= 11 is 0. The van der Waals surface area contributed by atoms with Crippen LogP contribution in [0.4, 0.5) is 0 Å². The average Bonchev–Trinajstić information content (AvgIpc) is 2.55. The van der Waals surface area contributed by atoms with E-state index in [-0.39, 0.29) is 0 Å². The Hall–Kier alpha value is -1.81. The molecule has 0 aromatic heterocycles. The van der Waals surface area contributed by atoms with Crippen LogP contribution in [0.2, 0.25) is 0 Å². The van der Waals surface area contributed by atoms with Gasteiger partial charge in [0, 0.05) is 0 Å². The zero-order valence-electron chi connectivity index (χ0n) is 12.5. The van der Waals surface area contributed by atoms with Gasteiger partial charge in [-0.15, -0.1) is 0 Å². The van der Waals surface area contributed by atoms with Crippen molar-refractivity contribution in [2.75, 3.05) is 0 Å². The van der Waals surface area contributed by atoms with Crippen LogP contribution in [0.25, 0.3) is 11.1 Å². The summed E-state index contributed by atoms with van der Waals surface area (Å²) in [7, 11) is -4.71. The standard InChI is InChI=1S/C18H19O4P/c19-23(20,21)22-18(13-7-2-8-14-18)17-12-6-5-11-16(17)15-9-3-1-4-10-15/h1-13,19-21,23H,14H2. The Morgan fingerprint density at radius 1 is 0.870 bits per heavy atom. The average molecular weight is 330 g/mol. The van der Waals surface area contributed by atoms with E-state index in [0.717, 1.165) is 16.7 Å². The van der Waals surface area contributed by atoms with Crippen molar-refractivity contribution < 1.29 is 19.2 Å². The van der Waals surface area contributed by atoms with Gasteiger partial charge in [-0.1, -0.05) is 0 Å². The van der Waals surface area contributed by atoms with Crippen LogP contribution in [0.15, 0.2) is 78.9 Å². The van der Waals surface area contributed by atoms with E-state index >= 15 is 0 Å². The Balaban J connectivity index is 2.15. The fourth-order valence-electron chi connectivity index (χ4n) is 2.90. The first-order valence-electron chi connectivity index (χ1n) is 7.37. The molecule has 3 N–H and O–H groups in total. The van der Waals surface area contributed by atoms with E-state index in [2.05, 4.69) is 0 Å². The molecule has 4 nitrogen and oxygen atoms in total. The second-order valence-corrected chi connectivity index (χ2v) is 6.82. The Kier molecular flexibility index (Phi) is 4.44. The minimum atomic E-state index is -4.71. The van der Waals surface area contributed by atoms with Crippen LogP contribution in [0.1, 0.15) is 12.0 Å². The van der Waals surface area contributed by atoms with E-state index in [9.17, 15) is 14.7 Å². The zero-order valence-corrected chi connectivity index (χ0v) is 13.5. The van der Waals surface area contributed by atoms with Crippen molar-refractivity contribution in [3.05, 3.63) is 84.5 Å². The van der Waals surface area contributed by atoms with Gasteiger partial charge in [0.1, 0.15) is 0 Å². The minimum absolute atomic E-state index is 0.407. The zero-order chi connectivity index (χ0) is 16.3. The van der Waals surface area contributed by atoms with E-state index < -0.39 is 13.8 Å². The molecule has 0 aliphatic heterocycles. The second-order valence-electron chi connectivity index (χ2n) is 5.47. The summed E-state index contributed by atoms with van der Waals surface area (Å²) in [6.45, 7) is 0. The van der Waals surface area contributed by atoms with E-state index in [4.69, 9.17) is 4.52 Å². The predicted molar refractivity (Wildman–Crippen MR) is 92.5 cm³/mol. The van der Waals surface area contributed by atoms with E-state index in [1.807, 2.05) is 66.7 Å². The molecule has 0 fully saturated rings. The third-order valence-electron chi connectivity index (χ3n) is 3.82. The Labute approximate surface area is 135 Å². The van der Waals surface area contributed by atoms with Crippen molar-refractivity contribution in [3.8, 4) is 11.1 Å². The van der Waals surface area contributed by atoms with Gasteiger partial charge in [0.2, 0.25) is 0 Å². The van der Waals surface area contributed by atoms with Crippen LogP contribution in [-0.2, 0) is 10.1 Å². The quantitative estimate of drug-likeness (QED) is 0.751. The van der Waals surface area contributed by atoms with Crippen molar-refractivity contribution in [1.29, 1.82) is 0 Å². The maximum atomic E-state index is 9.53. The molecule has 120 valence electrons. The molecular weight excluding hydrogens is 311 g/mol. The van der Waals surface area contributed by atoms with Crippen LogP contribution >= 0.6 is 8.17 Å². The Bertz CT molecular complexity index is 734. The van der Waals surface area contributed by atoms with Crippen LogP contribution in [0.3, 0.4) is 0 Å². The molecular formula is C18H19O4P. The van der Waals surface area contributed by atoms with Gasteiger partial charge >= 0.3 is 135 Å². The number of hydrogen-bond acceptors (Lipinski definition) is 4. The van der Waals surface area contributed by atoms with Crippen molar-refractivity contribution >= 4 is 8.17 Å². The van der Waals surface area contributed by atoms with Gasteiger partial charge in [0.25, 0.3) is 0 Å². The fourth-order valence-corrected chi connectivity index (χ4v) is 3.65. The molecule has 5 heteroatoms. The molecule has 0 amide bonds. The van der Waals surface area contributed by atoms with Gasteiger partial charge in [0.05, 0.1) is 0 Å². The molecule has 0 saturated heterocycles. The molecule has 1 aliphatic rings. The first-order chi connectivity index (χ1) is 11.0. The van der Waals surface area contributed by atoms with Gasteiger partial charge in [0.15, 0.2) is 0 Å². The molecule has 0 heterocycles. The normalized spacial score (nSPS) is 21.3. The molecule has 0 radical (unpaired) electrons. The van der Waals surface area contributed by atoms with E-state index in [1.165, 1.54) is 0 Å². The van der Waals surface area contributed by atoms with Crippen molar-refractivity contribution in [2.24, 2.45) is 0 Å². The first kappa shape index (κ1) is 16.1. The summed E-state index contributed by atoms with van der Waals surface area (Å²) in [4.78, 5) is 28.6. The molecule has 2 aromatic rings. The van der Waals surface area contributed by atoms with E-state index in [1.54, 1.807) is 12.2 Å². The van der Waals surface area contributed by atoms with Crippen LogP contribution in [0.5, 0.6) is 0 Å². The summed E-state index contributed by atoms with van der Waals surface area (Å²) in [6.07, 6.45) is 7.68. The number of hydrogen-bond donors (Lipinski definition) is 3. The summed E-state index contributed by atoms with van der Waals surface area (Å²) in [5.74, 6) is 0. The third kappa shape index (κ3) is 3.58. The third-order valence-corrected chi connectivity index (χ3v) is 4.46. The predicted octanol–water partition coefficient (Wildman–Crippen LogP) is 3.47. The van der Waals surface area contributed by atoms with Crippen LogP contribution < -0.4 is 0 Å². The fraction of sp³-hybridized carbons (Fsp3) is 0.111. The van der Waals surface area contributed by atoms with Gasteiger partial charge in [-0.25, -0.2) is 0 Å². The van der Waals surface area contributed by atoms with Gasteiger partial charge in [-0.3, -0.25) is 0 Å². The molecule has 2 aromatic carbocycles. The molecule has 1 atom stereocenters. The molecule has 23 heavy (non-hydrogen) atoms. The second kappa shape index (κ2) is 6.36. The summed E-state index contributed by atoms with van der Waals surface area (Å²) in [5.41, 5.74) is 1.59. The van der Waals surface area contributed by atoms with Crippen LogP contribution in [0, 0.1) is 0 Å². The van der Waals surface area contributed by atoms with Gasteiger partial charge in [-0.2, -0.15) is 0 Å². The van der Waals surface area contributed by atoms with Gasteiger partial charge < -0.3 is 0 Å². The molecule has 0 saturated carbocycles. The van der Waals surface area contributed by atoms with E-state index in [0.29, 0.717) is 6.42 Å². The molecule has 3 rings (SSSR count). The number of benzene rings is 2. The topological polar surface area (TPSA) is 69.9 Å². The summed E-state index contributed by atoms with van der Waals surface area (Å²) in [6, 6.07) is 17.4. The van der Waals surface area contributed by atoms with Crippen molar-refractivity contribution in [3.63, 3.8) is 0 Å². The summed E-state index contributed by atoms with van der Waals surface area (Å²) < 4.78 is 5.38. The number of rotatable bonds is 4. The Morgan fingerprint density at radius 3 is 2.22 bits per heavy atom. The first-order valence-corrected chi connectivity index (χ1v) is 9.12. The summed E-state index contributed by atoms with van der Waals surface area (Å²) in [5, 5.41) is 0. The molecule has 0 bridgehead atoms. The SMILES string of the molecule is O[PH](O)(O)OC1(c2ccccc2-c2ccccc2)C=CC=CC1. The molecule has 0 spiro atoms. The molecule has 1 unspecified atom stereocenters. The maximum absolute atomic E-state index is 9.53. The molecule has 1 aliphatic carbocycles. The number of allylic oxidation sites excluding steroid dienone is 2. The van der Waals surface area contributed by atoms with Gasteiger partial charge in [-0.05, 0) is 0 Å². The van der Waals surface area contributed by atoms with Crippen molar-refractivity contribution in [2.45, 2.75) is 12.0 Å². The van der Waals surface area contributed by atoms with Crippen LogP contribution in [-0.4, -0.2) is 14.7 Å². The monoisotopic (exact) mass is 330 g/mol. The van der Waals surface area contributed by atoms with Crippen molar-refractivity contribution in [1.82, 2.24) is 0 Å². The Morgan fingerprint density at radius 2 is 1.57 bits per heavy atom.